The Hall–Kier alpha value is -1.26. The zero-order valence-electron chi connectivity index (χ0n) is 8.51. The molecule has 1 aromatic rings. The minimum absolute atomic E-state index is 0.269. The summed E-state index contributed by atoms with van der Waals surface area (Å²) in [6.07, 6.45) is 0. The predicted octanol–water partition coefficient (Wildman–Crippen LogP) is 2.54. The van der Waals surface area contributed by atoms with Gasteiger partial charge in [-0.2, -0.15) is 0 Å². The second kappa shape index (κ2) is 5.72. The quantitative estimate of drug-likeness (QED) is 0.803. The van der Waals surface area contributed by atoms with Crippen molar-refractivity contribution in [3.63, 3.8) is 0 Å². The fourth-order valence-electron chi connectivity index (χ4n) is 1.05. The van der Waals surface area contributed by atoms with E-state index in [2.05, 4.69) is 5.32 Å². The molecule has 2 N–H and O–H groups in total. The Labute approximate surface area is 103 Å². The summed E-state index contributed by atoms with van der Waals surface area (Å²) in [5.41, 5.74) is 1.39. The Morgan fingerprint density at radius 3 is 2.69 bits per heavy atom. The number of amides is 3. The molecule has 0 radical (unpaired) electrons. The fourth-order valence-corrected chi connectivity index (χ4v) is 1.28. The summed E-state index contributed by atoms with van der Waals surface area (Å²) < 4.78 is 0. The van der Waals surface area contributed by atoms with Crippen molar-refractivity contribution in [3.05, 3.63) is 28.8 Å². The lowest BCUT2D eigenvalue weighted by molar-refractivity contribution is -0.117. The zero-order chi connectivity index (χ0) is 12.1. The number of aryl methyl sites for hydroxylation is 1. The summed E-state index contributed by atoms with van der Waals surface area (Å²) in [4.78, 5) is 22.1. The first-order chi connectivity index (χ1) is 7.52. The van der Waals surface area contributed by atoms with E-state index in [1.165, 1.54) is 0 Å². The number of carbonyl (C=O) groups excluding carboxylic acids is 2. The number of benzene rings is 1. The average Bonchev–Trinajstić information content (AvgIpc) is 2.23. The summed E-state index contributed by atoms with van der Waals surface area (Å²) in [6.45, 7) is 1.86. The van der Waals surface area contributed by atoms with Crippen molar-refractivity contribution in [2.24, 2.45) is 0 Å². The van der Waals surface area contributed by atoms with Crippen LogP contribution in [0.5, 0.6) is 0 Å². The zero-order valence-corrected chi connectivity index (χ0v) is 10.0. The Bertz CT molecular complexity index is 421. The van der Waals surface area contributed by atoms with Gasteiger partial charge in [0.1, 0.15) is 5.88 Å². The van der Waals surface area contributed by atoms with Gasteiger partial charge < -0.3 is 5.32 Å². The number of imide groups is 1. The highest BCUT2D eigenvalue weighted by Gasteiger charge is 2.08. The van der Waals surface area contributed by atoms with Crippen LogP contribution in [0, 0.1) is 6.92 Å². The summed E-state index contributed by atoms with van der Waals surface area (Å²) >= 11 is 11.1. The molecule has 0 aliphatic rings. The van der Waals surface area contributed by atoms with Gasteiger partial charge in [0.25, 0.3) is 0 Å². The average molecular weight is 261 g/mol. The summed E-state index contributed by atoms with van der Waals surface area (Å²) in [5, 5.41) is 4.90. The summed E-state index contributed by atoms with van der Waals surface area (Å²) in [7, 11) is 0. The van der Waals surface area contributed by atoms with Gasteiger partial charge in [0.15, 0.2) is 0 Å². The SMILES string of the molecule is Cc1ccc(Cl)c(NC(=O)NC(=O)CCl)c1. The lowest BCUT2D eigenvalue weighted by Gasteiger charge is -2.08. The van der Waals surface area contributed by atoms with Crippen molar-refractivity contribution < 1.29 is 9.59 Å². The monoisotopic (exact) mass is 260 g/mol. The number of alkyl halides is 1. The van der Waals surface area contributed by atoms with E-state index in [1.54, 1.807) is 12.1 Å². The third kappa shape index (κ3) is 3.72. The van der Waals surface area contributed by atoms with Crippen LogP contribution in [0.4, 0.5) is 10.5 Å². The molecule has 0 spiro atoms. The Kier molecular flexibility index (Phi) is 4.58. The van der Waals surface area contributed by atoms with Crippen molar-refractivity contribution in [1.29, 1.82) is 0 Å². The molecule has 16 heavy (non-hydrogen) atoms. The van der Waals surface area contributed by atoms with E-state index in [-0.39, 0.29) is 5.88 Å². The van der Waals surface area contributed by atoms with Crippen LogP contribution < -0.4 is 10.6 Å². The maximum atomic E-state index is 11.3. The van der Waals surface area contributed by atoms with Crippen LogP contribution in [0.15, 0.2) is 18.2 Å². The van der Waals surface area contributed by atoms with E-state index in [0.717, 1.165) is 5.56 Å². The molecule has 0 saturated carbocycles. The molecular formula is C10H10Cl2N2O2. The van der Waals surface area contributed by atoms with Gasteiger partial charge in [0, 0.05) is 0 Å². The molecule has 0 aliphatic heterocycles. The molecule has 0 atom stereocenters. The van der Waals surface area contributed by atoms with Gasteiger partial charge in [0.2, 0.25) is 5.91 Å². The van der Waals surface area contributed by atoms with Crippen LogP contribution in [0.3, 0.4) is 0 Å². The molecule has 1 rings (SSSR count). The number of carbonyl (C=O) groups is 2. The number of hydrogen-bond acceptors (Lipinski definition) is 2. The van der Waals surface area contributed by atoms with Crippen molar-refractivity contribution in [2.75, 3.05) is 11.2 Å². The van der Waals surface area contributed by atoms with E-state index >= 15 is 0 Å². The van der Waals surface area contributed by atoms with Crippen LogP contribution in [-0.4, -0.2) is 17.8 Å². The first kappa shape index (κ1) is 12.8. The molecule has 0 unspecified atom stereocenters. The Morgan fingerprint density at radius 2 is 2.06 bits per heavy atom. The van der Waals surface area contributed by atoms with E-state index in [4.69, 9.17) is 23.2 Å². The Balaban J connectivity index is 2.69. The van der Waals surface area contributed by atoms with E-state index < -0.39 is 11.9 Å². The van der Waals surface area contributed by atoms with E-state index in [9.17, 15) is 9.59 Å². The van der Waals surface area contributed by atoms with E-state index in [0.29, 0.717) is 10.7 Å². The largest absolute Gasteiger partial charge is 0.325 e. The smallest absolute Gasteiger partial charge is 0.306 e. The van der Waals surface area contributed by atoms with Gasteiger partial charge in [-0.15, -0.1) is 11.6 Å². The lowest BCUT2D eigenvalue weighted by atomic mass is 10.2. The van der Waals surface area contributed by atoms with Crippen LogP contribution in [0.25, 0.3) is 0 Å². The first-order valence-electron chi connectivity index (χ1n) is 4.46. The second-order valence-corrected chi connectivity index (χ2v) is 3.79. The molecule has 0 bridgehead atoms. The number of hydrogen-bond donors (Lipinski definition) is 2. The number of halogens is 2. The second-order valence-electron chi connectivity index (χ2n) is 3.12. The highest BCUT2D eigenvalue weighted by Crippen LogP contribution is 2.22. The maximum absolute atomic E-state index is 11.3. The van der Waals surface area contributed by atoms with Gasteiger partial charge in [-0.25, -0.2) is 4.79 Å². The van der Waals surface area contributed by atoms with Crippen LogP contribution >= 0.6 is 23.2 Å². The number of nitrogens with one attached hydrogen (secondary N) is 2. The summed E-state index contributed by atoms with van der Waals surface area (Å²) in [6, 6.07) is 4.52. The number of anilines is 1. The standard InChI is InChI=1S/C10H10Cl2N2O2/c1-6-2-3-7(12)8(4-6)13-10(16)14-9(15)5-11/h2-4H,5H2,1H3,(H2,13,14,15,16). The van der Waals surface area contributed by atoms with E-state index in [1.807, 2.05) is 18.3 Å². The third-order valence-corrected chi connectivity index (χ3v) is 2.32. The molecule has 0 saturated heterocycles. The summed E-state index contributed by atoms with van der Waals surface area (Å²) in [5.74, 6) is -0.836. The number of urea groups is 1. The minimum atomic E-state index is -0.654. The van der Waals surface area contributed by atoms with Crippen molar-refractivity contribution in [2.45, 2.75) is 6.92 Å². The highest BCUT2D eigenvalue weighted by molar-refractivity contribution is 6.34. The fraction of sp³-hybridized carbons (Fsp3) is 0.200. The van der Waals surface area contributed by atoms with Gasteiger partial charge in [-0.05, 0) is 24.6 Å². The molecule has 86 valence electrons. The molecule has 1 aromatic carbocycles. The van der Waals surface area contributed by atoms with Gasteiger partial charge >= 0.3 is 6.03 Å². The molecular weight excluding hydrogens is 251 g/mol. The molecule has 4 nitrogen and oxygen atoms in total. The van der Waals surface area contributed by atoms with Crippen molar-refractivity contribution in [3.8, 4) is 0 Å². The number of rotatable bonds is 2. The lowest BCUT2D eigenvalue weighted by Crippen LogP contribution is -2.35. The first-order valence-corrected chi connectivity index (χ1v) is 5.37. The molecule has 0 heterocycles. The van der Waals surface area contributed by atoms with Crippen molar-refractivity contribution >= 4 is 40.8 Å². The van der Waals surface area contributed by atoms with Crippen LogP contribution in [0.1, 0.15) is 5.56 Å². The van der Waals surface area contributed by atoms with Gasteiger partial charge in [-0.1, -0.05) is 17.7 Å². The molecule has 0 fully saturated rings. The molecule has 6 heteroatoms. The predicted molar refractivity (Wildman–Crippen MR) is 64.1 cm³/mol. The topological polar surface area (TPSA) is 58.2 Å². The van der Waals surface area contributed by atoms with Gasteiger partial charge in [0.05, 0.1) is 10.7 Å². The minimum Gasteiger partial charge on any atom is -0.306 e. The molecule has 0 aliphatic carbocycles. The van der Waals surface area contributed by atoms with Crippen molar-refractivity contribution in [1.82, 2.24) is 5.32 Å². The van der Waals surface area contributed by atoms with Crippen LogP contribution in [0.2, 0.25) is 5.02 Å². The highest BCUT2D eigenvalue weighted by atomic mass is 35.5. The van der Waals surface area contributed by atoms with Crippen LogP contribution in [-0.2, 0) is 4.79 Å². The molecule has 0 aromatic heterocycles. The van der Waals surface area contributed by atoms with Gasteiger partial charge in [-0.3, -0.25) is 10.1 Å². The molecule has 3 amide bonds. The normalized spacial score (nSPS) is 9.69. The maximum Gasteiger partial charge on any atom is 0.325 e. The Morgan fingerprint density at radius 1 is 1.38 bits per heavy atom. The third-order valence-electron chi connectivity index (χ3n) is 1.74.